The molecule has 0 saturated carbocycles. The molecular weight excluding hydrogens is 353 g/mol. The van der Waals surface area contributed by atoms with Crippen molar-refractivity contribution in [2.24, 2.45) is 0 Å². The molecule has 0 heterocycles. The molecule has 1 atom stereocenters. The van der Waals surface area contributed by atoms with Gasteiger partial charge in [-0.3, -0.25) is 0 Å². The van der Waals surface area contributed by atoms with Crippen LogP contribution in [0.2, 0.25) is 5.02 Å². The number of benzene rings is 2. The zero-order valence-electron chi connectivity index (χ0n) is 11.9. The predicted octanol–water partition coefficient (Wildman–Crippen LogP) is 5.53. The van der Waals surface area contributed by atoms with Gasteiger partial charge in [-0.15, -0.1) is 0 Å². The summed E-state index contributed by atoms with van der Waals surface area (Å²) in [7, 11) is 0. The van der Waals surface area contributed by atoms with E-state index in [0.717, 1.165) is 23.0 Å². The molecule has 1 unspecified atom stereocenters. The van der Waals surface area contributed by atoms with Gasteiger partial charge in [0.15, 0.2) is 0 Å². The van der Waals surface area contributed by atoms with Crippen molar-refractivity contribution in [3.63, 3.8) is 0 Å². The molecule has 0 radical (unpaired) electrons. The van der Waals surface area contributed by atoms with Crippen LogP contribution in [-0.2, 0) is 6.42 Å². The van der Waals surface area contributed by atoms with E-state index in [1.165, 1.54) is 6.07 Å². The molecule has 0 aliphatic rings. The van der Waals surface area contributed by atoms with E-state index in [9.17, 15) is 4.39 Å². The van der Waals surface area contributed by atoms with Crippen molar-refractivity contribution in [3.8, 4) is 0 Å². The smallest absolute Gasteiger partial charge is 0.126 e. The lowest BCUT2D eigenvalue weighted by Gasteiger charge is -2.21. The van der Waals surface area contributed by atoms with Crippen LogP contribution in [0, 0.1) is 5.82 Å². The van der Waals surface area contributed by atoms with Gasteiger partial charge < -0.3 is 5.32 Å². The number of rotatable bonds is 6. The van der Waals surface area contributed by atoms with Crippen LogP contribution in [0.4, 0.5) is 4.39 Å². The minimum Gasteiger partial charge on any atom is -0.310 e. The van der Waals surface area contributed by atoms with Gasteiger partial charge in [0.25, 0.3) is 0 Å². The maximum atomic E-state index is 13.9. The van der Waals surface area contributed by atoms with Crippen LogP contribution in [0.5, 0.6) is 0 Å². The summed E-state index contributed by atoms with van der Waals surface area (Å²) < 4.78 is 14.9. The van der Waals surface area contributed by atoms with Gasteiger partial charge in [-0.25, -0.2) is 4.39 Å². The molecule has 2 aromatic rings. The summed E-state index contributed by atoms with van der Waals surface area (Å²) in [5.41, 5.74) is 1.76. The van der Waals surface area contributed by atoms with Gasteiger partial charge in [0, 0.05) is 15.5 Å². The predicted molar refractivity (Wildman–Crippen MR) is 90.3 cm³/mol. The van der Waals surface area contributed by atoms with Gasteiger partial charge in [0.05, 0.1) is 0 Å². The highest BCUT2D eigenvalue weighted by atomic mass is 79.9. The molecule has 0 amide bonds. The second-order valence-electron chi connectivity index (χ2n) is 4.97. The zero-order valence-corrected chi connectivity index (χ0v) is 14.2. The molecule has 1 nitrogen and oxygen atoms in total. The first-order valence-corrected chi connectivity index (χ1v) is 8.20. The lowest BCUT2D eigenvalue weighted by molar-refractivity contribution is 0.511. The van der Waals surface area contributed by atoms with Crippen LogP contribution >= 0.6 is 27.5 Å². The summed E-state index contributed by atoms with van der Waals surface area (Å²) in [4.78, 5) is 0. The third kappa shape index (κ3) is 4.53. The fourth-order valence-corrected chi connectivity index (χ4v) is 2.98. The summed E-state index contributed by atoms with van der Waals surface area (Å²) in [5, 5.41) is 4.16. The topological polar surface area (TPSA) is 12.0 Å². The second kappa shape index (κ2) is 7.92. The number of halogens is 3. The molecule has 112 valence electrons. The highest BCUT2D eigenvalue weighted by molar-refractivity contribution is 9.10. The molecule has 0 fully saturated rings. The Bertz CT molecular complexity index is 603. The largest absolute Gasteiger partial charge is 0.310 e. The van der Waals surface area contributed by atoms with E-state index in [2.05, 4.69) is 28.2 Å². The molecule has 2 aromatic carbocycles. The zero-order chi connectivity index (χ0) is 15.2. The van der Waals surface area contributed by atoms with Crippen molar-refractivity contribution in [1.29, 1.82) is 0 Å². The highest BCUT2D eigenvalue weighted by Gasteiger charge is 2.16. The fourth-order valence-electron chi connectivity index (χ4n) is 2.28. The maximum Gasteiger partial charge on any atom is 0.126 e. The Morgan fingerprint density at radius 3 is 2.71 bits per heavy atom. The van der Waals surface area contributed by atoms with Gasteiger partial charge in [-0.2, -0.15) is 0 Å². The van der Waals surface area contributed by atoms with Crippen LogP contribution in [0.1, 0.15) is 30.5 Å². The molecule has 0 aliphatic carbocycles. The fraction of sp³-hybridized carbons (Fsp3) is 0.294. The van der Waals surface area contributed by atoms with Gasteiger partial charge >= 0.3 is 0 Å². The molecule has 0 spiro atoms. The van der Waals surface area contributed by atoms with Crippen molar-refractivity contribution in [2.75, 3.05) is 6.54 Å². The number of hydrogen-bond donors (Lipinski definition) is 1. The summed E-state index contributed by atoms with van der Waals surface area (Å²) in [5.74, 6) is -0.168. The molecular formula is C17H18BrClFN. The number of hydrogen-bond acceptors (Lipinski definition) is 1. The third-order valence-electron chi connectivity index (χ3n) is 3.36. The van der Waals surface area contributed by atoms with Crippen molar-refractivity contribution in [1.82, 2.24) is 5.32 Å². The summed E-state index contributed by atoms with van der Waals surface area (Å²) >= 11 is 9.67. The summed E-state index contributed by atoms with van der Waals surface area (Å²) in [6.07, 6.45) is 1.61. The lowest BCUT2D eigenvalue weighted by Crippen LogP contribution is -2.24. The molecule has 0 saturated heterocycles. The normalized spacial score (nSPS) is 12.4. The van der Waals surface area contributed by atoms with Crippen LogP contribution in [0.25, 0.3) is 0 Å². The number of nitrogens with one attached hydrogen (secondary N) is 1. The van der Waals surface area contributed by atoms with E-state index in [4.69, 9.17) is 11.6 Å². The SMILES string of the molecule is CCCNC(Cc1ccccc1F)c1cc(Cl)ccc1Br. The van der Waals surface area contributed by atoms with Crippen molar-refractivity contribution >= 4 is 27.5 Å². The Kier molecular flexibility index (Phi) is 6.22. The average molecular weight is 371 g/mol. The summed E-state index contributed by atoms with van der Waals surface area (Å²) in [6, 6.07) is 12.6. The van der Waals surface area contributed by atoms with Crippen molar-refractivity contribution in [2.45, 2.75) is 25.8 Å². The quantitative estimate of drug-likeness (QED) is 0.705. The Labute approximate surface area is 138 Å². The van der Waals surface area contributed by atoms with Crippen LogP contribution < -0.4 is 5.32 Å². The van der Waals surface area contributed by atoms with Gasteiger partial charge in [0.1, 0.15) is 5.82 Å². The second-order valence-corrected chi connectivity index (χ2v) is 6.26. The molecule has 1 N–H and O–H groups in total. The first kappa shape index (κ1) is 16.5. The van der Waals surface area contributed by atoms with E-state index < -0.39 is 0 Å². The van der Waals surface area contributed by atoms with Crippen LogP contribution in [0.15, 0.2) is 46.9 Å². The Morgan fingerprint density at radius 1 is 1.24 bits per heavy atom. The molecule has 21 heavy (non-hydrogen) atoms. The summed E-state index contributed by atoms with van der Waals surface area (Å²) in [6.45, 7) is 2.98. The minimum atomic E-state index is -0.168. The van der Waals surface area contributed by atoms with Gasteiger partial charge in [-0.1, -0.05) is 52.7 Å². The van der Waals surface area contributed by atoms with E-state index in [1.54, 1.807) is 6.07 Å². The molecule has 0 aromatic heterocycles. The highest BCUT2D eigenvalue weighted by Crippen LogP contribution is 2.29. The van der Waals surface area contributed by atoms with E-state index >= 15 is 0 Å². The van der Waals surface area contributed by atoms with E-state index in [0.29, 0.717) is 17.0 Å². The average Bonchev–Trinajstić information content (AvgIpc) is 2.48. The van der Waals surface area contributed by atoms with Gasteiger partial charge in [0.2, 0.25) is 0 Å². The van der Waals surface area contributed by atoms with Crippen LogP contribution in [-0.4, -0.2) is 6.54 Å². The Morgan fingerprint density at radius 2 is 2.00 bits per heavy atom. The molecule has 2 rings (SSSR count). The minimum absolute atomic E-state index is 0.0231. The monoisotopic (exact) mass is 369 g/mol. The first-order chi connectivity index (χ1) is 10.1. The van der Waals surface area contributed by atoms with Crippen molar-refractivity contribution < 1.29 is 4.39 Å². The van der Waals surface area contributed by atoms with Gasteiger partial charge in [-0.05, 0) is 54.8 Å². The standard InChI is InChI=1S/C17H18BrClFN/c1-2-9-21-17(10-12-5-3-4-6-16(12)20)14-11-13(19)7-8-15(14)18/h3-8,11,17,21H,2,9-10H2,1H3. The Hall–Kier alpha value is -0.900. The maximum absolute atomic E-state index is 13.9. The van der Waals surface area contributed by atoms with E-state index in [1.807, 2.05) is 30.3 Å². The molecule has 0 aliphatic heterocycles. The third-order valence-corrected chi connectivity index (χ3v) is 4.31. The lowest BCUT2D eigenvalue weighted by atomic mass is 9.98. The Balaban J connectivity index is 2.30. The molecule has 4 heteroatoms. The van der Waals surface area contributed by atoms with Crippen LogP contribution in [0.3, 0.4) is 0 Å². The van der Waals surface area contributed by atoms with E-state index in [-0.39, 0.29) is 11.9 Å². The first-order valence-electron chi connectivity index (χ1n) is 7.03. The molecule has 0 bridgehead atoms. The van der Waals surface area contributed by atoms with Crippen molar-refractivity contribution in [3.05, 3.63) is 68.9 Å².